The number of hydrogen-bond donors (Lipinski definition) is 2. The van der Waals surface area contributed by atoms with Gasteiger partial charge in [-0.25, -0.2) is 13.4 Å². The van der Waals surface area contributed by atoms with Gasteiger partial charge < -0.3 is 23.8 Å². The van der Waals surface area contributed by atoms with E-state index in [-0.39, 0.29) is 65.0 Å². The molecule has 1 aliphatic rings. The number of aryl methyl sites for hydroxylation is 3. The Morgan fingerprint density at radius 2 is 1.95 bits per heavy atom. The van der Waals surface area contributed by atoms with Gasteiger partial charge in [-0.3, -0.25) is 9.52 Å². The molecular formula is C26H36N6O8S2. The average molecular weight is 625 g/mol. The topological polar surface area (TPSA) is 177 Å². The van der Waals surface area contributed by atoms with Crippen molar-refractivity contribution in [2.24, 2.45) is 13.0 Å². The first-order valence-corrected chi connectivity index (χ1v) is 16.2. The number of aromatic nitrogens is 3. The summed E-state index contributed by atoms with van der Waals surface area (Å²) in [6, 6.07) is 4.04. The molecule has 3 atom stereocenters. The number of carbonyl (C=O) groups excluding carboxylic acids is 1. The molecule has 0 saturated carbocycles. The molecule has 3 aromatic rings. The van der Waals surface area contributed by atoms with Crippen LogP contribution in [0.25, 0.3) is 0 Å². The van der Waals surface area contributed by atoms with Gasteiger partial charge in [0.2, 0.25) is 15.9 Å². The number of hydrogen-bond acceptors (Lipinski definition) is 10. The Morgan fingerprint density at radius 1 is 1.24 bits per heavy atom. The molecule has 0 bridgehead atoms. The summed E-state index contributed by atoms with van der Waals surface area (Å²) in [4.78, 5) is 18.9. The molecule has 0 saturated heterocycles. The quantitative estimate of drug-likeness (QED) is 0.353. The second kappa shape index (κ2) is 12.0. The number of imidazole rings is 1. The van der Waals surface area contributed by atoms with Gasteiger partial charge in [-0.05, 0) is 39.0 Å². The number of ether oxygens (including phenoxy) is 1. The van der Waals surface area contributed by atoms with E-state index < -0.39 is 32.2 Å². The second-order valence-corrected chi connectivity index (χ2v) is 14.2. The van der Waals surface area contributed by atoms with E-state index in [1.807, 2.05) is 6.92 Å². The first-order chi connectivity index (χ1) is 19.6. The normalized spacial score (nSPS) is 19.0. The Bertz CT molecular complexity index is 1650. The Morgan fingerprint density at radius 3 is 2.55 bits per heavy atom. The zero-order chi connectivity index (χ0) is 31.0. The standard InChI is InChI=1S/C26H36N6O8S2/c1-16-11-32(17(2)14-33)25(34)10-20-9-21(29-41(35,36)24-13-30(5)15-27-24)7-8-22(20)39-23(16)12-31(6)42(37,38)26-18(3)28-40-19(26)4/h7-9,13,15-17,23,29,33H,10-12,14H2,1-6H3/t16-,17-,23+/m0/s1. The van der Waals surface area contributed by atoms with Gasteiger partial charge in [-0.1, -0.05) is 12.1 Å². The maximum Gasteiger partial charge on any atom is 0.280 e. The molecule has 0 radical (unpaired) electrons. The molecule has 4 rings (SSSR count). The van der Waals surface area contributed by atoms with Crippen molar-refractivity contribution in [1.82, 2.24) is 23.9 Å². The third-order valence-corrected chi connectivity index (χ3v) is 10.5. The number of fused-ring (bicyclic) bond motifs is 1. The number of aliphatic hydroxyl groups is 1. The van der Waals surface area contributed by atoms with Crippen molar-refractivity contribution in [2.45, 2.75) is 56.2 Å². The number of carbonyl (C=O) groups is 1. The van der Waals surface area contributed by atoms with E-state index in [1.54, 1.807) is 27.0 Å². The number of likely N-dealkylation sites (N-methyl/N-ethyl adjacent to an activating group) is 1. The highest BCUT2D eigenvalue weighted by molar-refractivity contribution is 7.92. The van der Waals surface area contributed by atoms with Crippen LogP contribution < -0.4 is 9.46 Å². The van der Waals surface area contributed by atoms with Crippen LogP contribution >= 0.6 is 0 Å². The van der Waals surface area contributed by atoms with Crippen molar-refractivity contribution in [3.63, 3.8) is 0 Å². The van der Waals surface area contributed by atoms with E-state index in [2.05, 4.69) is 14.9 Å². The maximum absolute atomic E-state index is 13.5. The van der Waals surface area contributed by atoms with Gasteiger partial charge in [0.25, 0.3) is 10.0 Å². The highest BCUT2D eigenvalue weighted by atomic mass is 32.2. The fourth-order valence-corrected chi connectivity index (χ4v) is 7.29. The molecule has 2 aromatic heterocycles. The second-order valence-electron chi connectivity index (χ2n) is 10.6. The summed E-state index contributed by atoms with van der Waals surface area (Å²) < 4.78 is 69.2. The molecule has 14 nitrogen and oxygen atoms in total. The molecule has 0 unspecified atom stereocenters. The van der Waals surface area contributed by atoms with Gasteiger partial charge in [-0.15, -0.1) is 0 Å². The highest BCUT2D eigenvalue weighted by Crippen LogP contribution is 2.31. The minimum atomic E-state index is -4.00. The van der Waals surface area contributed by atoms with Gasteiger partial charge in [0.1, 0.15) is 22.4 Å². The van der Waals surface area contributed by atoms with Crippen LogP contribution in [0.1, 0.15) is 30.9 Å². The van der Waals surface area contributed by atoms with Crippen LogP contribution in [-0.2, 0) is 38.3 Å². The fraction of sp³-hybridized carbons (Fsp3) is 0.500. The lowest BCUT2D eigenvalue weighted by atomic mass is 10.0. The van der Waals surface area contributed by atoms with Crippen molar-refractivity contribution in [1.29, 1.82) is 0 Å². The molecule has 1 aromatic carbocycles. The molecule has 1 amide bonds. The molecule has 1 aliphatic heterocycles. The van der Waals surface area contributed by atoms with Crippen LogP contribution in [0.15, 0.2) is 45.2 Å². The molecule has 0 fully saturated rings. The van der Waals surface area contributed by atoms with Gasteiger partial charge in [0.05, 0.1) is 31.9 Å². The number of nitrogens with zero attached hydrogens (tertiary/aromatic N) is 5. The molecule has 42 heavy (non-hydrogen) atoms. The average Bonchev–Trinajstić information content (AvgIpc) is 3.52. The number of benzene rings is 1. The lowest BCUT2D eigenvalue weighted by Crippen LogP contribution is -2.48. The summed E-state index contributed by atoms with van der Waals surface area (Å²) >= 11 is 0. The van der Waals surface area contributed by atoms with Crippen molar-refractivity contribution in [3.05, 3.63) is 47.7 Å². The molecule has 3 heterocycles. The Labute approximate surface area is 245 Å². The Hall–Kier alpha value is -3.47. The summed E-state index contributed by atoms with van der Waals surface area (Å²) in [5, 5.41) is 13.5. The highest BCUT2D eigenvalue weighted by Gasteiger charge is 2.35. The summed E-state index contributed by atoms with van der Waals surface area (Å²) in [7, 11) is -4.91. The van der Waals surface area contributed by atoms with Crippen molar-refractivity contribution < 1.29 is 36.0 Å². The SMILES string of the molecule is Cc1noc(C)c1S(=O)(=O)N(C)C[C@H]1Oc2ccc(NS(=O)(=O)c3cn(C)cn3)cc2CC(=O)N([C@@H](C)CO)C[C@@H]1C. The molecule has 2 N–H and O–H groups in total. The van der Waals surface area contributed by atoms with Crippen LogP contribution in [0, 0.1) is 19.8 Å². The molecule has 0 aliphatic carbocycles. The molecule has 230 valence electrons. The van der Waals surface area contributed by atoms with Crippen LogP contribution in [0.5, 0.6) is 5.75 Å². The summed E-state index contributed by atoms with van der Waals surface area (Å²) in [5.41, 5.74) is 0.827. The van der Waals surface area contributed by atoms with E-state index in [4.69, 9.17) is 9.26 Å². The number of nitrogens with one attached hydrogen (secondary N) is 1. The third kappa shape index (κ3) is 6.45. The maximum atomic E-state index is 13.5. The molecular weight excluding hydrogens is 588 g/mol. The van der Waals surface area contributed by atoms with E-state index in [0.29, 0.717) is 11.3 Å². The monoisotopic (exact) mass is 624 g/mol. The zero-order valence-electron chi connectivity index (χ0n) is 24.3. The Balaban J connectivity index is 1.70. The summed E-state index contributed by atoms with van der Waals surface area (Å²) in [6.45, 7) is 6.47. The number of anilines is 1. The lowest BCUT2D eigenvalue weighted by Gasteiger charge is -2.33. The summed E-state index contributed by atoms with van der Waals surface area (Å²) in [6.07, 6.45) is 1.87. The van der Waals surface area contributed by atoms with E-state index >= 15 is 0 Å². The largest absolute Gasteiger partial charge is 0.488 e. The van der Waals surface area contributed by atoms with Gasteiger partial charge in [0, 0.05) is 44.0 Å². The molecule has 0 spiro atoms. The minimum Gasteiger partial charge on any atom is -0.488 e. The first-order valence-electron chi connectivity index (χ1n) is 13.2. The van der Waals surface area contributed by atoms with Gasteiger partial charge in [-0.2, -0.15) is 12.7 Å². The number of sulfonamides is 2. The third-order valence-electron chi connectivity index (χ3n) is 7.20. The van der Waals surface area contributed by atoms with Crippen molar-refractivity contribution in [2.75, 3.05) is 31.5 Å². The Kier molecular flexibility index (Phi) is 9.01. The number of rotatable bonds is 9. The number of aliphatic hydroxyl groups excluding tert-OH is 1. The van der Waals surface area contributed by atoms with Crippen LogP contribution in [0.4, 0.5) is 5.69 Å². The van der Waals surface area contributed by atoms with Crippen LogP contribution in [-0.4, -0.2) is 90.7 Å². The molecule has 16 heteroatoms. The van der Waals surface area contributed by atoms with Crippen LogP contribution in [0.3, 0.4) is 0 Å². The fourth-order valence-electron chi connectivity index (χ4n) is 4.80. The van der Waals surface area contributed by atoms with Crippen LogP contribution in [0.2, 0.25) is 0 Å². The predicted molar refractivity (Wildman–Crippen MR) is 152 cm³/mol. The summed E-state index contributed by atoms with van der Waals surface area (Å²) in [5.74, 6) is -0.182. The van der Waals surface area contributed by atoms with Crippen molar-refractivity contribution in [3.8, 4) is 5.75 Å². The van der Waals surface area contributed by atoms with Crippen molar-refractivity contribution >= 4 is 31.6 Å². The zero-order valence-corrected chi connectivity index (χ0v) is 25.9. The number of amides is 1. The van der Waals surface area contributed by atoms with E-state index in [9.17, 15) is 26.7 Å². The smallest absolute Gasteiger partial charge is 0.280 e. The first kappa shape index (κ1) is 31.5. The lowest BCUT2D eigenvalue weighted by molar-refractivity contribution is -0.134. The van der Waals surface area contributed by atoms with Gasteiger partial charge in [0.15, 0.2) is 10.8 Å². The van der Waals surface area contributed by atoms with E-state index in [1.165, 1.54) is 48.1 Å². The van der Waals surface area contributed by atoms with Gasteiger partial charge >= 0.3 is 0 Å². The minimum absolute atomic E-state index is 0.0170. The predicted octanol–water partition coefficient (Wildman–Crippen LogP) is 1.30. The van der Waals surface area contributed by atoms with E-state index in [0.717, 1.165) is 4.31 Å².